The third-order valence-corrected chi connectivity index (χ3v) is 3.89. The normalized spacial score (nSPS) is 30.6. The van der Waals surface area contributed by atoms with Gasteiger partial charge in [-0.3, -0.25) is 9.69 Å². The number of hydrogen-bond donors (Lipinski definition) is 2. The van der Waals surface area contributed by atoms with Gasteiger partial charge in [-0.2, -0.15) is 0 Å². The molecular formula is C12H22N2O2. The Morgan fingerprint density at radius 1 is 1.31 bits per heavy atom. The number of nitrogens with zero attached hydrogens (tertiary/aromatic N) is 1. The van der Waals surface area contributed by atoms with E-state index < -0.39 is 5.97 Å². The van der Waals surface area contributed by atoms with E-state index in [2.05, 4.69) is 17.3 Å². The molecule has 0 heterocycles. The fourth-order valence-electron chi connectivity index (χ4n) is 2.81. The lowest BCUT2D eigenvalue weighted by Crippen LogP contribution is -2.52. The highest BCUT2D eigenvalue weighted by atomic mass is 16.4. The van der Waals surface area contributed by atoms with E-state index in [1.807, 2.05) is 0 Å². The minimum atomic E-state index is -0.751. The average molecular weight is 226 g/mol. The predicted molar refractivity (Wildman–Crippen MR) is 62.5 cm³/mol. The summed E-state index contributed by atoms with van der Waals surface area (Å²) in [6, 6.07) is 1.67. The van der Waals surface area contributed by atoms with Crippen LogP contribution in [0.15, 0.2) is 0 Å². The van der Waals surface area contributed by atoms with Crippen molar-refractivity contribution in [1.82, 2.24) is 10.2 Å². The quantitative estimate of drug-likeness (QED) is 0.736. The Morgan fingerprint density at radius 3 is 2.62 bits per heavy atom. The lowest BCUT2D eigenvalue weighted by molar-refractivity contribution is -0.136. The molecule has 0 amide bonds. The van der Waals surface area contributed by atoms with Gasteiger partial charge >= 0.3 is 5.97 Å². The van der Waals surface area contributed by atoms with Crippen LogP contribution in [0.5, 0.6) is 0 Å². The first-order chi connectivity index (χ1) is 7.68. The molecule has 2 saturated carbocycles. The number of hydrogen-bond acceptors (Lipinski definition) is 3. The predicted octanol–water partition coefficient (Wildman–Crippen LogP) is 1.07. The number of nitrogens with one attached hydrogen (secondary N) is 1. The molecule has 2 fully saturated rings. The number of carbonyl (C=O) groups is 1. The first-order valence-corrected chi connectivity index (χ1v) is 6.35. The van der Waals surface area contributed by atoms with Crippen LogP contribution in [0.4, 0.5) is 0 Å². The molecule has 0 spiro atoms. The minimum absolute atomic E-state index is 0.0969. The number of rotatable bonds is 5. The summed E-state index contributed by atoms with van der Waals surface area (Å²) in [4.78, 5) is 13.1. The summed E-state index contributed by atoms with van der Waals surface area (Å²) in [5.74, 6) is -0.751. The second kappa shape index (κ2) is 5.15. The molecule has 0 radical (unpaired) electrons. The molecule has 16 heavy (non-hydrogen) atoms. The van der Waals surface area contributed by atoms with E-state index in [4.69, 9.17) is 5.11 Å². The standard InChI is InChI=1S/C12H22N2O2/c1-14(9-6-7-9)11-5-3-2-4-10(11)13-8-12(15)16/h9-11,13H,2-8H2,1H3,(H,15,16)/t10-,11+/m1/s1. The van der Waals surface area contributed by atoms with Crippen molar-refractivity contribution >= 4 is 5.97 Å². The van der Waals surface area contributed by atoms with Crippen molar-refractivity contribution in [2.75, 3.05) is 13.6 Å². The lowest BCUT2D eigenvalue weighted by Gasteiger charge is -2.38. The van der Waals surface area contributed by atoms with E-state index in [0.717, 1.165) is 12.5 Å². The summed E-state index contributed by atoms with van der Waals surface area (Å²) in [5.41, 5.74) is 0. The highest BCUT2D eigenvalue weighted by Crippen LogP contribution is 2.32. The summed E-state index contributed by atoms with van der Waals surface area (Å²) in [5, 5.41) is 11.9. The van der Waals surface area contributed by atoms with Gasteiger partial charge in [0.25, 0.3) is 0 Å². The average Bonchev–Trinajstić information content (AvgIpc) is 3.09. The Morgan fingerprint density at radius 2 is 2.00 bits per heavy atom. The molecular weight excluding hydrogens is 204 g/mol. The van der Waals surface area contributed by atoms with Crippen molar-refractivity contribution in [1.29, 1.82) is 0 Å². The Hall–Kier alpha value is -0.610. The van der Waals surface area contributed by atoms with Gasteiger partial charge in [-0.1, -0.05) is 12.8 Å². The molecule has 4 nitrogen and oxygen atoms in total. The van der Waals surface area contributed by atoms with Crippen LogP contribution in [0.3, 0.4) is 0 Å². The van der Waals surface area contributed by atoms with E-state index in [9.17, 15) is 4.79 Å². The summed E-state index contributed by atoms with van der Waals surface area (Å²) >= 11 is 0. The fraction of sp³-hybridized carbons (Fsp3) is 0.917. The summed E-state index contributed by atoms with van der Waals surface area (Å²) in [7, 11) is 2.20. The highest BCUT2D eigenvalue weighted by molar-refractivity contribution is 5.69. The second-order valence-corrected chi connectivity index (χ2v) is 5.13. The molecule has 2 aliphatic rings. The maximum atomic E-state index is 10.6. The summed E-state index contributed by atoms with van der Waals surface area (Å²) in [6.45, 7) is 0.0969. The van der Waals surface area contributed by atoms with Crippen LogP contribution in [0.1, 0.15) is 38.5 Å². The van der Waals surface area contributed by atoms with Crippen molar-refractivity contribution in [2.24, 2.45) is 0 Å². The molecule has 2 N–H and O–H groups in total. The van der Waals surface area contributed by atoms with Gasteiger partial charge in [0.15, 0.2) is 0 Å². The first-order valence-electron chi connectivity index (χ1n) is 6.35. The van der Waals surface area contributed by atoms with Crippen LogP contribution in [0.25, 0.3) is 0 Å². The van der Waals surface area contributed by atoms with Crippen LogP contribution >= 0.6 is 0 Å². The third kappa shape index (κ3) is 2.95. The lowest BCUT2D eigenvalue weighted by atomic mass is 9.89. The van der Waals surface area contributed by atoms with E-state index in [1.165, 1.54) is 32.1 Å². The molecule has 92 valence electrons. The zero-order chi connectivity index (χ0) is 11.5. The molecule has 0 saturated heterocycles. The van der Waals surface area contributed by atoms with E-state index in [0.29, 0.717) is 12.1 Å². The fourth-order valence-corrected chi connectivity index (χ4v) is 2.81. The number of likely N-dealkylation sites (N-methyl/N-ethyl adjacent to an activating group) is 1. The van der Waals surface area contributed by atoms with E-state index in [1.54, 1.807) is 0 Å². The van der Waals surface area contributed by atoms with Crippen LogP contribution in [0.2, 0.25) is 0 Å². The summed E-state index contributed by atoms with van der Waals surface area (Å²) in [6.07, 6.45) is 7.48. The molecule has 0 bridgehead atoms. The topological polar surface area (TPSA) is 52.6 Å². The number of aliphatic carboxylic acids is 1. The first kappa shape index (κ1) is 11.9. The van der Waals surface area contributed by atoms with Crippen molar-refractivity contribution in [2.45, 2.75) is 56.7 Å². The molecule has 0 aliphatic heterocycles. The van der Waals surface area contributed by atoms with Gasteiger partial charge in [-0.05, 0) is 32.7 Å². The molecule has 4 heteroatoms. The van der Waals surface area contributed by atoms with Crippen molar-refractivity contribution < 1.29 is 9.90 Å². The van der Waals surface area contributed by atoms with Crippen LogP contribution in [0, 0.1) is 0 Å². The molecule has 2 rings (SSSR count). The van der Waals surface area contributed by atoms with Crippen LogP contribution in [-0.2, 0) is 4.79 Å². The molecule has 0 aromatic carbocycles. The zero-order valence-electron chi connectivity index (χ0n) is 9.98. The zero-order valence-corrected chi connectivity index (χ0v) is 9.98. The van der Waals surface area contributed by atoms with Crippen LogP contribution in [-0.4, -0.2) is 47.7 Å². The number of carboxylic acids is 1. The molecule has 0 unspecified atom stereocenters. The van der Waals surface area contributed by atoms with Gasteiger partial charge in [0.1, 0.15) is 0 Å². The van der Waals surface area contributed by atoms with Gasteiger partial charge < -0.3 is 10.4 Å². The highest BCUT2D eigenvalue weighted by Gasteiger charge is 2.36. The van der Waals surface area contributed by atoms with Gasteiger partial charge in [0.05, 0.1) is 6.54 Å². The minimum Gasteiger partial charge on any atom is -0.480 e. The molecule has 2 atom stereocenters. The maximum Gasteiger partial charge on any atom is 0.317 e. The largest absolute Gasteiger partial charge is 0.480 e. The van der Waals surface area contributed by atoms with Gasteiger partial charge in [-0.15, -0.1) is 0 Å². The van der Waals surface area contributed by atoms with E-state index >= 15 is 0 Å². The van der Waals surface area contributed by atoms with Gasteiger partial charge in [-0.25, -0.2) is 0 Å². The Labute approximate surface area is 97.0 Å². The smallest absolute Gasteiger partial charge is 0.317 e. The molecule has 0 aromatic rings. The maximum absolute atomic E-state index is 10.6. The SMILES string of the molecule is CN(C1CC1)[C@H]1CCCC[C@H]1NCC(=O)O. The van der Waals surface area contributed by atoms with Crippen molar-refractivity contribution in [3.05, 3.63) is 0 Å². The Balaban J connectivity index is 1.87. The molecule has 2 aliphatic carbocycles. The second-order valence-electron chi connectivity index (χ2n) is 5.13. The monoisotopic (exact) mass is 226 g/mol. The number of carboxylic acid groups (broad SMARTS) is 1. The summed E-state index contributed by atoms with van der Waals surface area (Å²) < 4.78 is 0. The Kier molecular flexibility index (Phi) is 3.82. The van der Waals surface area contributed by atoms with Gasteiger partial charge in [0, 0.05) is 18.1 Å². The van der Waals surface area contributed by atoms with Gasteiger partial charge in [0.2, 0.25) is 0 Å². The third-order valence-electron chi connectivity index (χ3n) is 3.89. The van der Waals surface area contributed by atoms with Crippen molar-refractivity contribution in [3.8, 4) is 0 Å². The molecule has 0 aromatic heterocycles. The Bertz CT molecular complexity index is 253. The van der Waals surface area contributed by atoms with E-state index in [-0.39, 0.29) is 6.54 Å². The van der Waals surface area contributed by atoms with Crippen LogP contribution < -0.4 is 5.32 Å². The van der Waals surface area contributed by atoms with Crippen molar-refractivity contribution in [3.63, 3.8) is 0 Å².